The van der Waals surface area contributed by atoms with Gasteiger partial charge in [-0.1, -0.05) is 0 Å². The molecule has 18 heavy (non-hydrogen) atoms. The van der Waals surface area contributed by atoms with Crippen molar-refractivity contribution in [2.24, 2.45) is 7.05 Å². The topological polar surface area (TPSA) is 90.8 Å². The minimum atomic E-state index is -0.155. The van der Waals surface area contributed by atoms with Gasteiger partial charge in [-0.2, -0.15) is 10.2 Å². The third-order valence-corrected chi connectivity index (χ3v) is 2.58. The minimum absolute atomic E-state index is 0.136. The lowest BCUT2D eigenvalue weighted by Crippen LogP contribution is -2.20. The molecule has 0 saturated carbocycles. The fourth-order valence-corrected chi connectivity index (χ4v) is 1.74. The van der Waals surface area contributed by atoms with Crippen LogP contribution in [0.25, 0.3) is 0 Å². The number of carbonyl (C=O) groups is 1. The van der Waals surface area contributed by atoms with E-state index in [-0.39, 0.29) is 12.5 Å². The van der Waals surface area contributed by atoms with Gasteiger partial charge in [-0.3, -0.25) is 14.2 Å². The molecule has 0 bridgehead atoms. The van der Waals surface area contributed by atoms with E-state index in [4.69, 9.17) is 5.73 Å². The predicted octanol–water partition coefficient (Wildman–Crippen LogP) is 0.454. The van der Waals surface area contributed by atoms with E-state index in [0.717, 1.165) is 11.4 Å². The lowest BCUT2D eigenvalue weighted by atomic mass is 10.4. The highest BCUT2D eigenvalue weighted by atomic mass is 16.2. The molecule has 0 unspecified atom stereocenters. The first-order valence-corrected chi connectivity index (χ1v) is 5.55. The van der Waals surface area contributed by atoms with Gasteiger partial charge >= 0.3 is 0 Å². The summed E-state index contributed by atoms with van der Waals surface area (Å²) in [4.78, 5) is 11.9. The molecule has 96 valence electrons. The van der Waals surface area contributed by atoms with E-state index in [1.54, 1.807) is 28.7 Å². The number of nitrogens with two attached hydrogens (primary N) is 1. The SMILES string of the molecule is Cc1nn(C)cc1NC(=O)Cn1nc(N)cc1C. The van der Waals surface area contributed by atoms with Crippen molar-refractivity contribution in [2.75, 3.05) is 11.1 Å². The summed E-state index contributed by atoms with van der Waals surface area (Å²) in [6.07, 6.45) is 1.76. The molecule has 1 amide bonds. The zero-order chi connectivity index (χ0) is 13.3. The largest absolute Gasteiger partial charge is 0.382 e. The number of nitrogens with one attached hydrogen (secondary N) is 1. The maximum atomic E-state index is 11.9. The number of aromatic nitrogens is 4. The van der Waals surface area contributed by atoms with Gasteiger partial charge in [-0.05, 0) is 13.8 Å². The second-order valence-electron chi connectivity index (χ2n) is 4.22. The number of nitrogen functional groups attached to an aromatic ring is 1. The lowest BCUT2D eigenvalue weighted by molar-refractivity contribution is -0.116. The van der Waals surface area contributed by atoms with Crippen LogP contribution in [0.2, 0.25) is 0 Å². The van der Waals surface area contributed by atoms with Gasteiger partial charge in [0, 0.05) is 25.0 Å². The van der Waals surface area contributed by atoms with Gasteiger partial charge in [-0.15, -0.1) is 0 Å². The van der Waals surface area contributed by atoms with Crippen molar-refractivity contribution in [3.8, 4) is 0 Å². The molecule has 0 spiro atoms. The third kappa shape index (κ3) is 2.50. The Balaban J connectivity index is 2.05. The molecule has 0 aliphatic heterocycles. The summed E-state index contributed by atoms with van der Waals surface area (Å²) < 4.78 is 3.22. The molecule has 2 aromatic rings. The first-order valence-electron chi connectivity index (χ1n) is 5.55. The Morgan fingerprint density at radius 3 is 2.67 bits per heavy atom. The summed E-state index contributed by atoms with van der Waals surface area (Å²) in [7, 11) is 1.81. The summed E-state index contributed by atoms with van der Waals surface area (Å²) >= 11 is 0. The van der Waals surface area contributed by atoms with Crippen LogP contribution in [0.4, 0.5) is 11.5 Å². The van der Waals surface area contributed by atoms with Crippen LogP contribution in [-0.2, 0) is 18.4 Å². The number of hydrogen-bond acceptors (Lipinski definition) is 4. The molecule has 0 aliphatic rings. The number of amides is 1. The van der Waals surface area contributed by atoms with E-state index >= 15 is 0 Å². The average molecular weight is 248 g/mol. The van der Waals surface area contributed by atoms with Crippen molar-refractivity contribution in [1.82, 2.24) is 19.6 Å². The van der Waals surface area contributed by atoms with Gasteiger partial charge < -0.3 is 11.1 Å². The molecule has 2 rings (SSSR count). The maximum absolute atomic E-state index is 11.9. The number of anilines is 2. The van der Waals surface area contributed by atoms with Gasteiger partial charge in [0.2, 0.25) is 5.91 Å². The zero-order valence-electron chi connectivity index (χ0n) is 10.6. The number of aryl methyl sites for hydroxylation is 3. The first-order chi connectivity index (χ1) is 8.45. The van der Waals surface area contributed by atoms with E-state index in [2.05, 4.69) is 15.5 Å². The van der Waals surface area contributed by atoms with Crippen molar-refractivity contribution in [2.45, 2.75) is 20.4 Å². The molecule has 0 radical (unpaired) electrons. The van der Waals surface area contributed by atoms with Gasteiger partial charge in [0.15, 0.2) is 0 Å². The van der Waals surface area contributed by atoms with Crippen LogP contribution in [0.1, 0.15) is 11.4 Å². The van der Waals surface area contributed by atoms with E-state index in [0.29, 0.717) is 11.5 Å². The first kappa shape index (κ1) is 12.2. The molecule has 0 saturated heterocycles. The highest BCUT2D eigenvalue weighted by Gasteiger charge is 2.10. The molecule has 7 nitrogen and oxygen atoms in total. The molecule has 2 heterocycles. The van der Waals surface area contributed by atoms with Crippen LogP contribution in [0, 0.1) is 13.8 Å². The smallest absolute Gasteiger partial charge is 0.246 e. The lowest BCUT2D eigenvalue weighted by Gasteiger charge is -2.05. The number of carbonyl (C=O) groups excluding carboxylic acids is 1. The normalized spacial score (nSPS) is 10.6. The molecule has 3 N–H and O–H groups in total. The molecule has 0 aliphatic carbocycles. The highest BCUT2D eigenvalue weighted by molar-refractivity contribution is 5.90. The molecule has 0 atom stereocenters. The zero-order valence-corrected chi connectivity index (χ0v) is 10.6. The van der Waals surface area contributed by atoms with Crippen LogP contribution < -0.4 is 11.1 Å². The second-order valence-corrected chi connectivity index (χ2v) is 4.22. The predicted molar refractivity (Wildman–Crippen MR) is 68.0 cm³/mol. The van der Waals surface area contributed by atoms with E-state index in [9.17, 15) is 4.79 Å². The quantitative estimate of drug-likeness (QED) is 0.825. The summed E-state index contributed by atoms with van der Waals surface area (Å²) in [5.74, 6) is 0.259. The van der Waals surface area contributed by atoms with Crippen LogP contribution in [0.3, 0.4) is 0 Å². The van der Waals surface area contributed by atoms with Crippen LogP contribution in [0.15, 0.2) is 12.3 Å². The van der Waals surface area contributed by atoms with Gasteiger partial charge in [0.05, 0.1) is 11.4 Å². The van der Waals surface area contributed by atoms with E-state index < -0.39 is 0 Å². The average Bonchev–Trinajstić information content (AvgIpc) is 2.71. The molecule has 0 aromatic carbocycles. The Hall–Kier alpha value is -2.31. The van der Waals surface area contributed by atoms with Gasteiger partial charge in [-0.25, -0.2) is 0 Å². The third-order valence-electron chi connectivity index (χ3n) is 2.58. The van der Waals surface area contributed by atoms with E-state index in [1.807, 2.05) is 13.8 Å². The minimum Gasteiger partial charge on any atom is -0.382 e. The fourth-order valence-electron chi connectivity index (χ4n) is 1.74. The Morgan fingerprint density at radius 2 is 2.17 bits per heavy atom. The summed E-state index contributed by atoms with van der Waals surface area (Å²) in [5.41, 5.74) is 7.90. The Labute approximate surface area is 105 Å². The van der Waals surface area contributed by atoms with Crippen molar-refractivity contribution in [3.63, 3.8) is 0 Å². The van der Waals surface area contributed by atoms with Gasteiger partial charge in [0.25, 0.3) is 0 Å². The van der Waals surface area contributed by atoms with Crippen LogP contribution >= 0.6 is 0 Å². The number of nitrogens with zero attached hydrogens (tertiary/aromatic N) is 4. The van der Waals surface area contributed by atoms with Crippen molar-refractivity contribution in [1.29, 1.82) is 0 Å². The summed E-state index contributed by atoms with van der Waals surface area (Å²) in [5, 5.41) is 11.0. The fraction of sp³-hybridized carbons (Fsp3) is 0.364. The Kier molecular flexibility index (Phi) is 3.05. The van der Waals surface area contributed by atoms with Crippen molar-refractivity contribution >= 4 is 17.4 Å². The van der Waals surface area contributed by atoms with Crippen LogP contribution in [0.5, 0.6) is 0 Å². The molecule has 7 heteroatoms. The number of rotatable bonds is 3. The Morgan fingerprint density at radius 1 is 1.44 bits per heavy atom. The van der Waals surface area contributed by atoms with Crippen LogP contribution in [-0.4, -0.2) is 25.5 Å². The molecular weight excluding hydrogens is 232 g/mol. The van der Waals surface area contributed by atoms with Crippen molar-refractivity contribution in [3.05, 3.63) is 23.7 Å². The molecular formula is C11H16N6O. The number of hydrogen-bond donors (Lipinski definition) is 2. The standard InChI is InChI=1S/C11H16N6O/c1-7-4-10(12)15-17(7)6-11(18)13-9-5-16(3)14-8(9)2/h4-5H,6H2,1-3H3,(H2,12,15)(H,13,18). The Bertz CT molecular complexity index is 532. The summed E-state index contributed by atoms with van der Waals surface area (Å²) in [6, 6.07) is 1.72. The summed E-state index contributed by atoms with van der Waals surface area (Å²) in [6.45, 7) is 3.83. The van der Waals surface area contributed by atoms with E-state index in [1.165, 1.54) is 0 Å². The second kappa shape index (κ2) is 4.52. The monoisotopic (exact) mass is 248 g/mol. The highest BCUT2D eigenvalue weighted by Crippen LogP contribution is 2.11. The van der Waals surface area contributed by atoms with Crippen molar-refractivity contribution < 1.29 is 4.79 Å². The maximum Gasteiger partial charge on any atom is 0.246 e. The molecule has 0 fully saturated rings. The van der Waals surface area contributed by atoms with Gasteiger partial charge in [0.1, 0.15) is 12.4 Å². The molecule has 2 aromatic heterocycles.